The van der Waals surface area contributed by atoms with Gasteiger partial charge in [-0.3, -0.25) is 10.00 Å². The number of halogens is 2. The number of hydrogen-bond acceptors (Lipinski definition) is 7. The molecule has 0 saturated carbocycles. The van der Waals surface area contributed by atoms with Gasteiger partial charge >= 0.3 is 0 Å². The highest BCUT2D eigenvalue weighted by atomic mass is 35.5. The predicted octanol–water partition coefficient (Wildman–Crippen LogP) is 4.61. The van der Waals surface area contributed by atoms with Crippen LogP contribution in [0.2, 0.25) is 5.02 Å². The first-order chi connectivity index (χ1) is 17.4. The minimum absolute atomic E-state index is 0.0201. The Morgan fingerprint density at radius 1 is 1.14 bits per heavy atom. The number of nitrogens with zero attached hydrogens (tertiary/aromatic N) is 4. The molecule has 0 unspecified atom stereocenters. The molecule has 5 rings (SSSR count). The van der Waals surface area contributed by atoms with Gasteiger partial charge in [-0.15, -0.1) is 0 Å². The molecule has 1 saturated heterocycles. The molecular formula is C26H29ClFN5O3. The summed E-state index contributed by atoms with van der Waals surface area (Å²) in [5.74, 6) is -0.284. The average molecular weight is 514 g/mol. The third-order valence-electron chi connectivity index (χ3n) is 6.85. The van der Waals surface area contributed by atoms with Crippen LogP contribution in [-0.2, 0) is 0 Å². The van der Waals surface area contributed by atoms with Gasteiger partial charge in [-0.2, -0.15) is 5.10 Å². The Morgan fingerprint density at radius 2 is 1.89 bits per heavy atom. The van der Waals surface area contributed by atoms with E-state index < -0.39 is 5.82 Å². The number of fused-ring (bicyclic) bond motifs is 3. The first-order valence-corrected chi connectivity index (χ1v) is 12.4. The molecule has 2 aromatic carbocycles. The van der Waals surface area contributed by atoms with Crippen LogP contribution in [0.3, 0.4) is 0 Å². The lowest BCUT2D eigenvalue weighted by molar-refractivity contribution is 0.120. The molecule has 0 radical (unpaired) electrons. The SMILES string of the molecule is CCN1CCN(CCOc2cc3c(c(-c4ccc(O)c(Cl)c4)nc4[nH]nc(C)c43)c(F)c2OC)CC1. The Labute approximate surface area is 213 Å². The number of pyridine rings is 1. The summed E-state index contributed by atoms with van der Waals surface area (Å²) < 4.78 is 27.7. The second-order valence-corrected chi connectivity index (χ2v) is 9.34. The summed E-state index contributed by atoms with van der Waals surface area (Å²) in [5, 5.41) is 18.8. The van der Waals surface area contributed by atoms with Crippen molar-refractivity contribution < 1.29 is 19.0 Å². The van der Waals surface area contributed by atoms with E-state index in [2.05, 4.69) is 31.9 Å². The van der Waals surface area contributed by atoms with E-state index in [9.17, 15) is 5.11 Å². The molecule has 0 amide bonds. The fourth-order valence-corrected chi connectivity index (χ4v) is 4.98. The van der Waals surface area contributed by atoms with E-state index in [0.717, 1.165) is 39.3 Å². The lowest BCUT2D eigenvalue weighted by Crippen LogP contribution is -2.47. The number of methoxy groups -OCH3 is 1. The summed E-state index contributed by atoms with van der Waals surface area (Å²) >= 11 is 6.16. The van der Waals surface area contributed by atoms with E-state index >= 15 is 4.39 Å². The zero-order valence-electron chi connectivity index (χ0n) is 20.6. The topological polar surface area (TPSA) is 86.7 Å². The highest BCUT2D eigenvalue weighted by Gasteiger charge is 2.24. The van der Waals surface area contributed by atoms with Gasteiger partial charge in [-0.05, 0) is 37.7 Å². The van der Waals surface area contributed by atoms with Gasteiger partial charge in [0, 0.05) is 54.4 Å². The van der Waals surface area contributed by atoms with Crippen LogP contribution in [0.4, 0.5) is 4.39 Å². The van der Waals surface area contributed by atoms with Crippen molar-refractivity contribution in [2.75, 3.05) is 53.0 Å². The van der Waals surface area contributed by atoms with E-state index in [0.29, 0.717) is 45.7 Å². The summed E-state index contributed by atoms with van der Waals surface area (Å²) in [7, 11) is 1.42. The molecular weight excluding hydrogens is 485 g/mol. The first kappa shape index (κ1) is 24.5. The molecule has 0 atom stereocenters. The number of phenols is 1. The number of nitrogens with one attached hydrogen (secondary N) is 1. The number of aromatic amines is 1. The van der Waals surface area contributed by atoms with Crippen molar-refractivity contribution in [3.63, 3.8) is 0 Å². The first-order valence-electron chi connectivity index (χ1n) is 12.0. The van der Waals surface area contributed by atoms with Crippen molar-refractivity contribution in [1.29, 1.82) is 0 Å². The van der Waals surface area contributed by atoms with E-state index in [-0.39, 0.29) is 21.9 Å². The fraction of sp³-hybridized carbons (Fsp3) is 0.385. The largest absolute Gasteiger partial charge is 0.506 e. The highest BCUT2D eigenvalue weighted by molar-refractivity contribution is 6.32. The molecule has 36 heavy (non-hydrogen) atoms. The lowest BCUT2D eigenvalue weighted by atomic mass is 9.99. The van der Waals surface area contributed by atoms with Crippen LogP contribution in [0.25, 0.3) is 33.1 Å². The van der Waals surface area contributed by atoms with Crippen molar-refractivity contribution in [3.8, 4) is 28.5 Å². The van der Waals surface area contributed by atoms with E-state index in [4.69, 9.17) is 21.1 Å². The summed E-state index contributed by atoms with van der Waals surface area (Å²) in [6.45, 7) is 10.3. The monoisotopic (exact) mass is 513 g/mol. The summed E-state index contributed by atoms with van der Waals surface area (Å²) in [4.78, 5) is 9.44. The third kappa shape index (κ3) is 4.42. The molecule has 0 aliphatic carbocycles. The Bertz CT molecular complexity index is 1420. The van der Waals surface area contributed by atoms with Crippen molar-refractivity contribution in [3.05, 3.63) is 40.8 Å². The number of phenolic OH excluding ortho intramolecular Hbond substituents is 1. The van der Waals surface area contributed by atoms with Gasteiger partial charge < -0.3 is 19.5 Å². The maximum atomic E-state index is 16.1. The number of piperazine rings is 1. The molecule has 2 N–H and O–H groups in total. The van der Waals surface area contributed by atoms with Crippen molar-refractivity contribution in [2.45, 2.75) is 13.8 Å². The standard InChI is InChI=1S/C26H29ClFN5O3/c1-4-32-7-9-33(10-8-32)11-12-36-20-14-17-21-15(2)30-31-26(21)29-24(22(17)23(28)25(20)35-3)16-5-6-19(34)18(27)13-16/h5-6,13-14,34H,4,7-12H2,1-3H3,(H,29,30,31). The quantitative estimate of drug-likeness (QED) is 0.373. The minimum atomic E-state index is -0.573. The van der Waals surface area contributed by atoms with Crippen molar-refractivity contribution in [1.82, 2.24) is 25.0 Å². The molecule has 8 nitrogen and oxygen atoms in total. The van der Waals surface area contributed by atoms with E-state index in [1.54, 1.807) is 18.2 Å². The van der Waals surface area contributed by atoms with Crippen molar-refractivity contribution in [2.24, 2.45) is 0 Å². The second-order valence-electron chi connectivity index (χ2n) is 8.93. The van der Waals surface area contributed by atoms with Gasteiger partial charge in [-0.1, -0.05) is 18.5 Å². The van der Waals surface area contributed by atoms with Gasteiger partial charge in [0.25, 0.3) is 0 Å². The molecule has 4 aromatic rings. The number of aromatic hydroxyl groups is 1. The van der Waals surface area contributed by atoms with Gasteiger partial charge in [0.1, 0.15) is 12.4 Å². The number of benzene rings is 2. The molecule has 3 heterocycles. The van der Waals surface area contributed by atoms with Crippen LogP contribution in [0.1, 0.15) is 12.6 Å². The van der Waals surface area contributed by atoms with Crippen LogP contribution < -0.4 is 9.47 Å². The Hall–Kier alpha value is -3.14. The van der Waals surface area contributed by atoms with Gasteiger partial charge in [0.15, 0.2) is 23.0 Å². The Kier molecular flexibility index (Phi) is 6.87. The lowest BCUT2D eigenvalue weighted by Gasteiger charge is -2.33. The number of rotatable bonds is 7. The molecule has 1 fully saturated rings. The molecule has 2 aromatic heterocycles. The fourth-order valence-electron chi connectivity index (χ4n) is 4.80. The minimum Gasteiger partial charge on any atom is -0.506 e. The van der Waals surface area contributed by atoms with Crippen LogP contribution >= 0.6 is 11.6 Å². The maximum Gasteiger partial charge on any atom is 0.197 e. The van der Waals surface area contributed by atoms with Crippen LogP contribution in [0.5, 0.6) is 17.2 Å². The molecule has 1 aliphatic heterocycles. The zero-order valence-corrected chi connectivity index (χ0v) is 21.3. The Balaban J connectivity index is 1.56. The highest BCUT2D eigenvalue weighted by Crippen LogP contribution is 2.43. The Morgan fingerprint density at radius 3 is 2.58 bits per heavy atom. The van der Waals surface area contributed by atoms with Crippen LogP contribution in [-0.4, -0.2) is 83.1 Å². The number of aromatic nitrogens is 3. The summed E-state index contributed by atoms with van der Waals surface area (Å²) in [6.07, 6.45) is 0. The summed E-state index contributed by atoms with van der Waals surface area (Å²) in [5.41, 5.74) is 2.13. The predicted molar refractivity (Wildman–Crippen MR) is 139 cm³/mol. The number of hydrogen-bond donors (Lipinski definition) is 2. The maximum absolute atomic E-state index is 16.1. The van der Waals surface area contributed by atoms with E-state index in [1.165, 1.54) is 13.2 Å². The number of H-pyrrole nitrogens is 1. The molecule has 0 spiro atoms. The average Bonchev–Trinajstić information content (AvgIpc) is 3.26. The van der Waals surface area contributed by atoms with Gasteiger partial charge in [-0.25, -0.2) is 9.37 Å². The van der Waals surface area contributed by atoms with Crippen LogP contribution in [0.15, 0.2) is 24.3 Å². The molecule has 190 valence electrons. The number of likely N-dealkylation sites (N-methyl/N-ethyl adjacent to an activating group) is 1. The third-order valence-corrected chi connectivity index (χ3v) is 7.15. The normalized spacial score (nSPS) is 15.1. The van der Waals surface area contributed by atoms with Crippen LogP contribution in [0, 0.1) is 12.7 Å². The number of ether oxygens (including phenoxy) is 2. The second kappa shape index (κ2) is 10.1. The molecule has 10 heteroatoms. The molecule has 1 aliphatic rings. The van der Waals surface area contributed by atoms with Gasteiger partial charge in [0.2, 0.25) is 0 Å². The van der Waals surface area contributed by atoms with Crippen molar-refractivity contribution >= 4 is 33.4 Å². The molecule has 0 bridgehead atoms. The smallest absolute Gasteiger partial charge is 0.197 e. The summed E-state index contributed by atoms with van der Waals surface area (Å²) in [6, 6.07) is 6.46. The van der Waals surface area contributed by atoms with Gasteiger partial charge in [0.05, 0.1) is 23.5 Å². The van der Waals surface area contributed by atoms with E-state index in [1.807, 2.05) is 6.92 Å². The zero-order chi connectivity index (χ0) is 25.4. The number of aryl methyl sites for hydroxylation is 1.